The smallest absolute Gasteiger partial charge is 0.407 e. The quantitative estimate of drug-likeness (QED) is 0.902. The fraction of sp³-hybridized carbons (Fsp3) is 0.350. The number of rotatable bonds is 4. The Hall–Kier alpha value is -2.56. The van der Waals surface area contributed by atoms with Gasteiger partial charge in [-0.2, -0.15) is 0 Å². The molecule has 4 nitrogen and oxygen atoms in total. The summed E-state index contributed by atoms with van der Waals surface area (Å²) in [7, 11) is 0. The number of anilines is 1. The van der Waals surface area contributed by atoms with E-state index in [2.05, 4.69) is 36.1 Å². The van der Waals surface area contributed by atoms with Gasteiger partial charge in [-0.1, -0.05) is 35.9 Å². The van der Waals surface area contributed by atoms with E-state index in [1.807, 2.05) is 6.07 Å². The number of likely N-dealkylation sites (tertiary alicyclic amines) is 1. The van der Waals surface area contributed by atoms with E-state index in [0.717, 1.165) is 24.1 Å². The zero-order valence-corrected chi connectivity index (χ0v) is 14.4. The van der Waals surface area contributed by atoms with Crippen LogP contribution in [0.25, 0.3) is 0 Å². The summed E-state index contributed by atoms with van der Waals surface area (Å²) in [4.78, 5) is 14.8. The van der Waals surface area contributed by atoms with Gasteiger partial charge in [-0.05, 0) is 43.5 Å². The minimum Gasteiger partial charge on any atom is -0.465 e. The maximum atomic E-state index is 13.7. The monoisotopic (exact) mass is 342 g/mol. The van der Waals surface area contributed by atoms with Crippen molar-refractivity contribution in [2.75, 3.05) is 18.0 Å². The van der Waals surface area contributed by atoms with Crippen molar-refractivity contribution in [3.8, 4) is 0 Å². The highest BCUT2D eigenvalue weighted by Crippen LogP contribution is 2.26. The number of amides is 1. The first-order chi connectivity index (χ1) is 12.0. The number of hydrogen-bond acceptors (Lipinski definition) is 2. The Bertz CT molecular complexity index is 725. The summed E-state index contributed by atoms with van der Waals surface area (Å²) in [5, 5.41) is 9.14. The van der Waals surface area contributed by atoms with Crippen LogP contribution in [0.4, 0.5) is 14.9 Å². The lowest BCUT2D eigenvalue weighted by molar-refractivity contribution is 0.131. The van der Waals surface area contributed by atoms with E-state index in [4.69, 9.17) is 5.11 Å². The van der Waals surface area contributed by atoms with Gasteiger partial charge < -0.3 is 14.9 Å². The second-order valence-electron chi connectivity index (χ2n) is 6.59. The number of piperidine rings is 1. The van der Waals surface area contributed by atoms with E-state index in [-0.39, 0.29) is 11.9 Å². The van der Waals surface area contributed by atoms with Crippen molar-refractivity contribution in [2.45, 2.75) is 32.4 Å². The summed E-state index contributed by atoms with van der Waals surface area (Å²) in [6.07, 6.45) is 0.623. The minimum absolute atomic E-state index is 0.193. The van der Waals surface area contributed by atoms with Crippen molar-refractivity contribution >= 4 is 11.8 Å². The summed E-state index contributed by atoms with van der Waals surface area (Å²) in [5.74, 6) is -0.255. The number of aryl methyl sites for hydroxylation is 1. The molecule has 0 spiro atoms. The summed E-state index contributed by atoms with van der Waals surface area (Å²) in [6, 6.07) is 15.2. The molecule has 25 heavy (non-hydrogen) atoms. The first-order valence-electron chi connectivity index (χ1n) is 8.58. The molecule has 0 aliphatic carbocycles. The fourth-order valence-corrected chi connectivity index (χ4v) is 3.34. The zero-order valence-electron chi connectivity index (χ0n) is 14.4. The van der Waals surface area contributed by atoms with Gasteiger partial charge in [-0.25, -0.2) is 9.18 Å². The molecule has 2 aromatic carbocycles. The highest BCUT2D eigenvalue weighted by Gasteiger charge is 2.27. The van der Waals surface area contributed by atoms with E-state index in [9.17, 15) is 9.18 Å². The first kappa shape index (κ1) is 17.3. The van der Waals surface area contributed by atoms with Crippen LogP contribution in [-0.4, -0.2) is 35.2 Å². The van der Waals surface area contributed by atoms with Crippen molar-refractivity contribution in [3.05, 3.63) is 65.5 Å². The predicted molar refractivity (Wildman–Crippen MR) is 96.4 cm³/mol. The van der Waals surface area contributed by atoms with Crippen LogP contribution in [-0.2, 0) is 6.54 Å². The van der Waals surface area contributed by atoms with Gasteiger partial charge in [0, 0.05) is 31.4 Å². The molecule has 2 aromatic rings. The van der Waals surface area contributed by atoms with Gasteiger partial charge >= 0.3 is 6.09 Å². The molecule has 0 unspecified atom stereocenters. The normalized spacial score (nSPS) is 15.2. The van der Waals surface area contributed by atoms with Crippen molar-refractivity contribution in [2.24, 2.45) is 0 Å². The fourth-order valence-electron chi connectivity index (χ4n) is 3.34. The Morgan fingerprint density at radius 2 is 1.88 bits per heavy atom. The van der Waals surface area contributed by atoms with Crippen LogP contribution < -0.4 is 4.90 Å². The van der Waals surface area contributed by atoms with E-state index in [1.165, 1.54) is 16.5 Å². The summed E-state index contributed by atoms with van der Waals surface area (Å²) in [5.41, 5.74) is 3.21. The highest BCUT2D eigenvalue weighted by molar-refractivity contribution is 5.65. The number of nitrogens with zero attached hydrogens (tertiary/aromatic N) is 2. The summed E-state index contributed by atoms with van der Waals surface area (Å²) in [6.45, 7) is 3.76. The molecule has 0 atom stereocenters. The molecule has 1 aliphatic rings. The van der Waals surface area contributed by atoms with Gasteiger partial charge in [-0.3, -0.25) is 0 Å². The molecule has 1 aliphatic heterocycles. The van der Waals surface area contributed by atoms with E-state index >= 15 is 0 Å². The van der Waals surface area contributed by atoms with Gasteiger partial charge in [0.1, 0.15) is 5.82 Å². The maximum Gasteiger partial charge on any atom is 0.407 e. The molecule has 0 radical (unpaired) electrons. The Balaban J connectivity index is 1.82. The Labute approximate surface area is 147 Å². The molecule has 1 amide bonds. The Morgan fingerprint density at radius 1 is 1.20 bits per heavy atom. The average molecular weight is 342 g/mol. The predicted octanol–water partition coefficient (Wildman–Crippen LogP) is 4.28. The maximum absolute atomic E-state index is 13.7. The van der Waals surface area contributed by atoms with E-state index < -0.39 is 6.09 Å². The third-order valence-electron chi connectivity index (χ3n) is 4.79. The number of carboxylic acid groups (broad SMARTS) is 1. The van der Waals surface area contributed by atoms with Gasteiger partial charge in [-0.15, -0.1) is 0 Å². The number of halogens is 1. The zero-order chi connectivity index (χ0) is 17.8. The van der Waals surface area contributed by atoms with Crippen molar-refractivity contribution < 1.29 is 14.3 Å². The summed E-state index contributed by atoms with van der Waals surface area (Å²) < 4.78 is 13.7. The lowest BCUT2D eigenvalue weighted by atomic mass is 10.0. The Morgan fingerprint density at radius 3 is 2.48 bits per heavy atom. The molecule has 1 fully saturated rings. The molecule has 1 heterocycles. The minimum atomic E-state index is -0.866. The lowest BCUT2D eigenvalue weighted by Crippen LogP contribution is -2.46. The summed E-state index contributed by atoms with van der Waals surface area (Å²) >= 11 is 0. The third kappa shape index (κ3) is 4.29. The van der Waals surface area contributed by atoms with Crippen LogP contribution in [0.2, 0.25) is 0 Å². The van der Waals surface area contributed by atoms with Gasteiger partial charge in [0.25, 0.3) is 0 Å². The van der Waals surface area contributed by atoms with Crippen LogP contribution in [0, 0.1) is 12.7 Å². The van der Waals surface area contributed by atoms with Gasteiger partial charge in [0.2, 0.25) is 0 Å². The number of benzene rings is 2. The van der Waals surface area contributed by atoms with Crippen molar-refractivity contribution in [1.82, 2.24) is 4.90 Å². The molecule has 0 aromatic heterocycles. The molecule has 3 rings (SSSR count). The first-order valence-corrected chi connectivity index (χ1v) is 8.58. The Kier molecular flexibility index (Phi) is 5.22. The lowest BCUT2D eigenvalue weighted by Gasteiger charge is -2.39. The molecule has 1 N–H and O–H groups in total. The van der Waals surface area contributed by atoms with Gasteiger partial charge in [0.15, 0.2) is 0 Å². The van der Waals surface area contributed by atoms with Crippen LogP contribution in [0.1, 0.15) is 24.0 Å². The molecular weight excluding hydrogens is 319 g/mol. The molecule has 132 valence electrons. The number of carbonyl (C=O) groups is 1. The molecule has 0 saturated carbocycles. The topological polar surface area (TPSA) is 43.8 Å². The molecule has 0 bridgehead atoms. The second kappa shape index (κ2) is 7.55. The second-order valence-corrected chi connectivity index (χ2v) is 6.59. The SMILES string of the molecule is Cc1ccc(CN(c2cccc(F)c2)C2CCN(C(=O)O)CC2)cc1. The van der Waals surface area contributed by atoms with Crippen molar-refractivity contribution in [3.63, 3.8) is 0 Å². The van der Waals surface area contributed by atoms with Crippen molar-refractivity contribution in [1.29, 1.82) is 0 Å². The van der Waals surface area contributed by atoms with E-state index in [0.29, 0.717) is 19.6 Å². The van der Waals surface area contributed by atoms with Gasteiger partial charge in [0.05, 0.1) is 0 Å². The largest absolute Gasteiger partial charge is 0.465 e. The van der Waals surface area contributed by atoms with Crippen LogP contribution in [0.5, 0.6) is 0 Å². The van der Waals surface area contributed by atoms with E-state index in [1.54, 1.807) is 12.1 Å². The van der Waals surface area contributed by atoms with Crippen LogP contribution >= 0.6 is 0 Å². The number of hydrogen-bond donors (Lipinski definition) is 1. The molecule has 5 heteroatoms. The standard InChI is InChI=1S/C20H23FN2O2/c1-15-5-7-16(8-6-15)14-23(19-4-2-3-17(21)13-19)18-9-11-22(12-10-18)20(24)25/h2-8,13,18H,9-12,14H2,1H3,(H,24,25). The molecule has 1 saturated heterocycles. The highest BCUT2D eigenvalue weighted by atomic mass is 19.1. The molecular formula is C20H23FN2O2. The average Bonchev–Trinajstić information content (AvgIpc) is 2.61. The van der Waals surface area contributed by atoms with Crippen LogP contribution in [0.3, 0.4) is 0 Å². The third-order valence-corrected chi connectivity index (χ3v) is 4.79. The van der Waals surface area contributed by atoms with Crippen LogP contribution in [0.15, 0.2) is 48.5 Å².